The van der Waals surface area contributed by atoms with E-state index in [4.69, 9.17) is 30.6 Å². The molecule has 0 spiro atoms. The Morgan fingerprint density at radius 3 is 2.46 bits per heavy atom. The Morgan fingerprint density at radius 2 is 1.90 bits per heavy atom. The largest absolute Gasteiger partial charge is 0.502 e. The molecule has 2 rings (SSSR count). The van der Waals surface area contributed by atoms with Crippen LogP contribution < -0.4 is 10.2 Å². The molecule has 0 aliphatic heterocycles. The number of nitrogens with one attached hydrogen (secondary N) is 1. The van der Waals surface area contributed by atoms with Crippen molar-refractivity contribution in [2.45, 2.75) is 38.3 Å². The number of esters is 1. The number of ether oxygens (including phenoxy) is 3. The van der Waals surface area contributed by atoms with Crippen LogP contribution in [0.25, 0.3) is 5.70 Å². The number of hydrogen-bond acceptors (Lipinski definition) is 10. The van der Waals surface area contributed by atoms with Crippen molar-refractivity contribution < 1.29 is 46.7 Å². The summed E-state index contributed by atoms with van der Waals surface area (Å²) in [6.07, 6.45) is -4.65. The van der Waals surface area contributed by atoms with E-state index in [1.165, 1.54) is 33.1 Å². The first-order valence-corrected chi connectivity index (χ1v) is 12.4. The lowest BCUT2D eigenvalue weighted by Gasteiger charge is -2.17. The molecule has 0 fully saturated rings. The number of hydrogen-bond donors (Lipinski definition) is 1. The second kappa shape index (κ2) is 14.1. The third kappa shape index (κ3) is 9.04. The molecular weight excluding hydrogens is 569 g/mol. The number of carbonyl (C=O) groups excluding carboxylic acids is 2. The lowest BCUT2D eigenvalue weighted by atomic mass is 10.1. The fourth-order valence-corrected chi connectivity index (χ4v) is 3.85. The average molecular weight is 593 g/mol. The number of rotatable bonds is 12. The zero-order chi connectivity index (χ0) is 29.3. The number of nitro groups is 1. The summed E-state index contributed by atoms with van der Waals surface area (Å²) in [4.78, 5) is 40.6. The molecular formula is C24H24ClF3N2O8S. The van der Waals surface area contributed by atoms with E-state index in [-0.39, 0.29) is 34.4 Å². The standard InChI is InChI=1S/C24H24ClF3N2O8S/c1-5-36-22(31)14(3)39-23(32)13(2)38-29-19(12-35-4)17-11-16(7-8-20(17)30(33)34)37-21-9-6-15(10-18(21)25)24(26,27)28/h6-14,29H,5H2,1-4H3. The Bertz CT molecular complexity index is 1240. The molecule has 39 heavy (non-hydrogen) atoms. The van der Waals surface area contributed by atoms with Gasteiger partial charge in [0.15, 0.2) is 6.10 Å². The Kier molecular flexibility index (Phi) is 11.4. The number of benzene rings is 2. The van der Waals surface area contributed by atoms with Crippen LogP contribution in [-0.2, 0) is 30.1 Å². The van der Waals surface area contributed by atoms with Gasteiger partial charge in [0.25, 0.3) is 5.69 Å². The number of nitro benzene ring substituents is 1. The third-order valence-corrected chi connectivity index (χ3v) is 6.17. The van der Waals surface area contributed by atoms with Crippen LogP contribution in [0.5, 0.6) is 11.5 Å². The minimum absolute atomic E-state index is 0.0102. The van der Waals surface area contributed by atoms with E-state index in [9.17, 15) is 32.9 Å². The van der Waals surface area contributed by atoms with Crippen molar-refractivity contribution in [3.63, 3.8) is 0 Å². The van der Waals surface area contributed by atoms with Crippen LogP contribution in [-0.4, -0.2) is 41.1 Å². The van der Waals surface area contributed by atoms with E-state index in [1.54, 1.807) is 6.92 Å². The van der Waals surface area contributed by atoms with Crippen molar-refractivity contribution in [3.05, 3.63) is 68.9 Å². The van der Waals surface area contributed by atoms with Gasteiger partial charge in [-0.15, -0.1) is 0 Å². The quantitative estimate of drug-likeness (QED) is 0.133. The monoisotopic (exact) mass is 592 g/mol. The lowest BCUT2D eigenvalue weighted by molar-refractivity contribution is -0.385. The molecule has 0 heterocycles. The molecule has 0 saturated heterocycles. The van der Waals surface area contributed by atoms with Crippen LogP contribution in [0.1, 0.15) is 31.9 Å². The van der Waals surface area contributed by atoms with Gasteiger partial charge in [0.2, 0.25) is 5.12 Å². The minimum Gasteiger partial charge on any atom is -0.502 e. The van der Waals surface area contributed by atoms with Crippen LogP contribution in [0.4, 0.5) is 18.9 Å². The molecule has 2 unspecified atom stereocenters. The zero-order valence-corrected chi connectivity index (χ0v) is 22.6. The van der Waals surface area contributed by atoms with Crippen LogP contribution in [0.15, 0.2) is 42.7 Å². The molecule has 1 N–H and O–H groups in total. The first kappa shape index (κ1) is 31.7. The number of halogens is 4. The van der Waals surface area contributed by atoms with E-state index in [0.29, 0.717) is 17.8 Å². The summed E-state index contributed by atoms with van der Waals surface area (Å²) in [5, 5.41) is 10.0. The molecule has 10 nitrogen and oxygen atoms in total. The molecule has 2 aromatic rings. The van der Waals surface area contributed by atoms with Gasteiger partial charge in [0, 0.05) is 6.07 Å². The lowest BCUT2D eigenvalue weighted by Crippen LogP contribution is -2.29. The SMILES string of the molecule is CCOC(=O)C(C)SC(=O)C(C)ONC(=COC)c1cc(Oc2ccc(C(F)(F)F)cc2Cl)ccc1[N+](=O)[O-]. The average Bonchev–Trinajstić information content (AvgIpc) is 2.86. The van der Waals surface area contributed by atoms with Gasteiger partial charge >= 0.3 is 12.1 Å². The Morgan fingerprint density at radius 1 is 1.21 bits per heavy atom. The number of nitrogens with zero attached hydrogens (tertiary/aromatic N) is 1. The van der Waals surface area contributed by atoms with Crippen LogP contribution >= 0.6 is 23.4 Å². The Hall–Kier alpha value is -3.49. The highest BCUT2D eigenvalue weighted by Crippen LogP contribution is 2.38. The smallest absolute Gasteiger partial charge is 0.416 e. The molecule has 0 radical (unpaired) electrons. The normalized spacial score (nSPS) is 13.3. The predicted octanol–water partition coefficient (Wildman–Crippen LogP) is 6.13. The fourth-order valence-electron chi connectivity index (χ4n) is 2.88. The molecule has 0 aliphatic carbocycles. The number of carbonyl (C=O) groups is 2. The summed E-state index contributed by atoms with van der Waals surface area (Å²) >= 11 is 6.64. The highest BCUT2D eigenvalue weighted by molar-refractivity contribution is 8.14. The molecule has 15 heteroatoms. The van der Waals surface area contributed by atoms with E-state index >= 15 is 0 Å². The summed E-state index contributed by atoms with van der Waals surface area (Å²) < 4.78 is 54.2. The molecule has 0 aliphatic rings. The summed E-state index contributed by atoms with van der Waals surface area (Å²) in [6, 6.07) is 6.01. The van der Waals surface area contributed by atoms with Gasteiger partial charge in [-0.2, -0.15) is 13.2 Å². The summed E-state index contributed by atoms with van der Waals surface area (Å²) in [5.41, 5.74) is 0.863. The fraction of sp³-hybridized carbons (Fsp3) is 0.333. The number of alkyl halides is 3. The van der Waals surface area contributed by atoms with E-state index in [0.717, 1.165) is 24.5 Å². The predicted molar refractivity (Wildman–Crippen MR) is 137 cm³/mol. The molecule has 2 aromatic carbocycles. The maximum absolute atomic E-state index is 12.9. The minimum atomic E-state index is -4.61. The first-order chi connectivity index (χ1) is 18.3. The molecule has 0 bridgehead atoms. The van der Waals surface area contributed by atoms with Gasteiger partial charge in [0.1, 0.15) is 28.7 Å². The molecule has 2 atom stereocenters. The van der Waals surface area contributed by atoms with Crippen LogP contribution in [0.3, 0.4) is 0 Å². The van der Waals surface area contributed by atoms with Crippen molar-refractivity contribution in [1.29, 1.82) is 0 Å². The number of methoxy groups -OCH3 is 1. The zero-order valence-electron chi connectivity index (χ0n) is 21.0. The maximum Gasteiger partial charge on any atom is 0.416 e. The number of thioether (sulfide) groups is 1. The van der Waals surface area contributed by atoms with Gasteiger partial charge in [-0.25, -0.2) is 0 Å². The summed E-state index contributed by atoms with van der Waals surface area (Å²) in [7, 11) is 1.27. The van der Waals surface area contributed by atoms with Gasteiger partial charge in [0.05, 0.1) is 34.8 Å². The van der Waals surface area contributed by atoms with Gasteiger partial charge in [-0.1, -0.05) is 23.4 Å². The van der Waals surface area contributed by atoms with E-state index in [2.05, 4.69) is 5.48 Å². The molecule has 0 saturated carbocycles. The second-order valence-electron chi connectivity index (χ2n) is 7.64. The van der Waals surface area contributed by atoms with Crippen LogP contribution in [0.2, 0.25) is 5.02 Å². The van der Waals surface area contributed by atoms with Crippen LogP contribution in [0, 0.1) is 10.1 Å². The van der Waals surface area contributed by atoms with Crippen molar-refractivity contribution in [1.82, 2.24) is 5.48 Å². The Balaban J connectivity index is 2.27. The van der Waals surface area contributed by atoms with Gasteiger partial charge < -0.3 is 14.2 Å². The number of hydroxylamine groups is 1. The highest BCUT2D eigenvalue weighted by Gasteiger charge is 2.31. The second-order valence-corrected chi connectivity index (χ2v) is 9.39. The topological polar surface area (TPSA) is 126 Å². The van der Waals surface area contributed by atoms with Gasteiger partial charge in [-0.05, 0) is 51.1 Å². The van der Waals surface area contributed by atoms with Crippen molar-refractivity contribution in [3.8, 4) is 11.5 Å². The van der Waals surface area contributed by atoms with Crippen molar-refractivity contribution >= 4 is 45.8 Å². The summed E-state index contributed by atoms with van der Waals surface area (Å²) in [5.74, 6) is -0.710. The van der Waals surface area contributed by atoms with Gasteiger partial charge in [-0.3, -0.25) is 30.0 Å². The van der Waals surface area contributed by atoms with E-state index < -0.39 is 44.8 Å². The molecule has 0 aromatic heterocycles. The van der Waals surface area contributed by atoms with Crippen molar-refractivity contribution in [2.75, 3.05) is 13.7 Å². The Labute approximate surface area is 230 Å². The first-order valence-electron chi connectivity index (χ1n) is 11.1. The van der Waals surface area contributed by atoms with E-state index in [1.807, 2.05) is 0 Å². The third-order valence-electron chi connectivity index (χ3n) is 4.77. The summed E-state index contributed by atoms with van der Waals surface area (Å²) in [6.45, 7) is 4.68. The molecule has 212 valence electrons. The van der Waals surface area contributed by atoms with Crippen molar-refractivity contribution in [2.24, 2.45) is 0 Å². The molecule has 0 amide bonds. The highest BCUT2D eigenvalue weighted by atomic mass is 35.5. The maximum atomic E-state index is 12.9.